The third-order valence-electron chi connectivity index (χ3n) is 3.37. The van der Waals surface area contributed by atoms with Crippen LogP contribution in [0.2, 0.25) is 0 Å². The van der Waals surface area contributed by atoms with Crippen molar-refractivity contribution in [2.75, 3.05) is 26.7 Å². The molecule has 0 amide bonds. The van der Waals surface area contributed by atoms with Crippen molar-refractivity contribution >= 4 is 0 Å². The maximum absolute atomic E-state index is 5.55. The molecule has 0 aliphatic rings. The zero-order valence-electron chi connectivity index (χ0n) is 13.0. The minimum Gasteiger partial charge on any atom is -0.494 e. The van der Waals surface area contributed by atoms with Gasteiger partial charge in [-0.05, 0) is 64.9 Å². The minimum atomic E-state index is 0.148. The smallest absolute Gasteiger partial charge is 0.122 e. The zero-order valence-corrected chi connectivity index (χ0v) is 13.0. The monoisotopic (exact) mass is 264 g/mol. The van der Waals surface area contributed by atoms with Crippen molar-refractivity contribution in [2.24, 2.45) is 0 Å². The maximum Gasteiger partial charge on any atom is 0.122 e. The Labute approximate surface area is 117 Å². The summed E-state index contributed by atoms with van der Waals surface area (Å²) in [5.74, 6) is 0.996. The molecule has 19 heavy (non-hydrogen) atoms. The molecule has 0 aliphatic carbocycles. The fourth-order valence-corrected chi connectivity index (χ4v) is 1.91. The van der Waals surface area contributed by atoms with E-state index < -0.39 is 0 Å². The molecular weight excluding hydrogens is 236 g/mol. The van der Waals surface area contributed by atoms with Crippen molar-refractivity contribution in [3.63, 3.8) is 0 Å². The fourth-order valence-electron chi connectivity index (χ4n) is 1.91. The molecule has 0 fully saturated rings. The Balaban J connectivity index is 2.40. The highest BCUT2D eigenvalue weighted by atomic mass is 16.5. The van der Waals surface area contributed by atoms with E-state index in [9.17, 15) is 0 Å². The molecule has 0 unspecified atom stereocenters. The molecule has 0 radical (unpaired) electrons. The highest BCUT2D eigenvalue weighted by Crippen LogP contribution is 2.19. The van der Waals surface area contributed by atoms with Crippen molar-refractivity contribution in [3.8, 4) is 5.75 Å². The molecular formula is C16H28N2O. The molecule has 3 nitrogen and oxygen atoms in total. The lowest BCUT2D eigenvalue weighted by Crippen LogP contribution is -2.46. The zero-order chi connectivity index (χ0) is 14.3. The Morgan fingerprint density at radius 2 is 2.00 bits per heavy atom. The van der Waals surface area contributed by atoms with Gasteiger partial charge < -0.3 is 15.4 Å². The van der Waals surface area contributed by atoms with E-state index in [4.69, 9.17) is 4.74 Å². The number of rotatable bonds is 8. The molecule has 0 aliphatic heterocycles. The molecule has 3 heteroatoms. The summed E-state index contributed by atoms with van der Waals surface area (Å²) < 4.78 is 5.55. The number of likely N-dealkylation sites (N-methyl/N-ethyl adjacent to an activating group) is 1. The van der Waals surface area contributed by atoms with Crippen molar-refractivity contribution in [2.45, 2.75) is 39.7 Å². The topological polar surface area (TPSA) is 33.3 Å². The van der Waals surface area contributed by atoms with Crippen molar-refractivity contribution in [1.82, 2.24) is 10.6 Å². The number of hydrogen-bond acceptors (Lipinski definition) is 3. The molecule has 0 heterocycles. The van der Waals surface area contributed by atoms with Crippen LogP contribution in [0, 0.1) is 6.92 Å². The lowest BCUT2D eigenvalue weighted by atomic mass is 10.1. The number of ether oxygens (including phenoxy) is 1. The third-order valence-corrected chi connectivity index (χ3v) is 3.37. The van der Waals surface area contributed by atoms with Crippen LogP contribution < -0.4 is 15.4 Å². The van der Waals surface area contributed by atoms with E-state index in [1.54, 1.807) is 0 Å². The maximum atomic E-state index is 5.55. The lowest BCUT2D eigenvalue weighted by Gasteiger charge is -2.24. The van der Waals surface area contributed by atoms with Crippen LogP contribution in [-0.2, 0) is 6.42 Å². The van der Waals surface area contributed by atoms with Crippen LogP contribution in [0.25, 0.3) is 0 Å². The second-order valence-electron chi connectivity index (χ2n) is 5.59. The number of hydrogen-bond donors (Lipinski definition) is 2. The van der Waals surface area contributed by atoms with Gasteiger partial charge in [0.15, 0.2) is 0 Å². The molecule has 0 saturated heterocycles. The van der Waals surface area contributed by atoms with Gasteiger partial charge in [-0.2, -0.15) is 0 Å². The minimum absolute atomic E-state index is 0.148. The van der Waals surface area contributed by atoms with E-state index in [1.165, 1.54) is 11.1 Å². The molecule has 0 spiro atoms. The van der Waals surface area contributed by atoms with Crippen LogP contribution in [0.3, 0.4) is 0 Å². The van der Waals surface area contributed by atoms with Gasteiger partial charge in [0, 0.05) is 12.1 Å². The van der Waals surface area contributed by atoms with E-state index in [-0.39, 0.29) is 5.54 Å². The fraction of sp³-hybridized carbons (Fsp3) is 0.625. The van der Waals surface area contributed by atoms with Gasteiger partial charge in [0.25, 0.3) is 0 Å². The van der Waals surface area contributed by atoms with Gasteiger partial charge in [-0.1, -0.05) is 12.1 Å². The standard InChI is InChI=1S/C16H28N2O/c1-6-19-15-8-7-14(11-13(15)2)9-10-18-12-16(3,4)17-5/h7-8,11,17-18H,6,9-10,12H2,1-5H3. The number of benzene rings is 1. The first-order chi connectivity index (χ1) is 8.98. The molecule has 0 bridgehead atoms. The van der Waals surface area contributed by atoms with Crippen LogP contribution in [0.15, 0.2) is 18.2 Å². The summed E-state index contributed by atoms with van der Waals surface area (Å²) in [5, 5.41) is 6.78. The lowest BCUT2D eigenvalue weighted by molar-refractivity contribution is 0.338. The normalized spacial score (nSPS) is 11.6. The molecule has 0 saturated carbocycles. The average molecular weight is 264 g/mol. The molecule has 0 aromatic heterocycles. The van der Waals surface area contributed by atoms with Crippen LogP contribution in [-0.4, -0.2) is 32.3 Å². The number of aryl methyl sites for hydroxylation is 1. The molecule has 0 atom stereocenters. The molecule has 1 aromatic carbocycles. The van der Waals surface area contributed by atoms with E-state index in [2.05, 4.69) is 49.6 Å². The van der Waals surface area contributed by atoms with Gasteiger partial charge >= 0.3 is 0 Å². The Hall–Kier alpha value is -1.06. The van der Waals surface area contributed by atoms with Crippen molar-refractivity contribution in [3.05, 3.63) is 29.3 Å². The van der Waals surface area contributed by atoms with E-state index in [0.29, 0.717) is 0 Å². The highest BCUT2D eigenvalue weighted by Gasteiger charge is 2.12. The highest BCUT2D eigenvalue weighted by molar-refractivity contribution is 5.36. The van der Waals surface area contributed by atoms with Crippen LogP contribution >= 0.6 is 0 Å². The summed E-state index contributed by atoms with van der Waals surface area (Å²) in [4.78, 5) is 0. The first kappa shape index (κ1) is 16.0. The largest absolute Gasteiger partial charge is 0.494 e. The average Bonchev–Trinajstić information content (AvgIpc) is 2.38. The first-order valence-electron chi connectivity index (χ1n) is 7.10. The van der Waals surface area contributed by atoms with Gasteiger partial charge in [-0.3, -0.25) is 0 Å². The second kappa shape index (κ2) is 7.51. The summed E-state index contributed by atoms with van der Waals surface area (Å²) in [7, 11) is 2.00. The Morgan fingerprint density at radius 3 is 2.58 bits per heavy atom. The summed E-state index contributed by atoms with van der Waals surface area (Å²) in [6, 6.07) is 6.45. The van der Waals surface area contributed by atoms with Gasteiger partial charge in [0.1, 0.15) is 5.75 Å². The summed E-state index contributed by atoms with van der Waals surface area (Å²) in [6.45, 7) is 11.2. The summed E-state index contributed by atoms with van der Waals surface area (Å²) in [6.07, 6.45) is 1.05. The van der Waals surface area contributed by atoms with Crippen LogP contribution in [0.5, 0.6) is 5.75 Å². The van der Waals surface area contributed by atoms with Crippen molar-refractivity contribution in [1.29, 1.82) is 0 Å². The molecule has 108 valence electrons. The van der Waals surface area contributed by atoms with Crippen LogP contribution in [0.4, 0.5) is 0 Å². The quantitative estimate of drug-likeness (QED) is 0.708. The summed E-state index contributed by atoms with van der Waals surface area (Å²) in [5.41, 5.74) is 2.72. The van der Waals surface area contributed by atoms with Crippen LogP contribution in [0.1, 0.15) is 31.9 Å². The number of nitrogens with one attached hydrogen (secondary N) is 2. The predicted molar refractivity (Wildman–Crippen MR) is 82.1 cm³/mol. The van der Waals surface area contributed by atoms with Gasteiger partial charge in [0.05, 0.1) is 6.61 Å². The van der Waals surface area contributed by atoms with Gasteiger partial charge in [-0.15, -0.1) is 0 Å². The third kappa shape index (κ3) is 5.62. The summed E-state index contributed by atoms with van der Waals surface area (Å²) >= 11 is 0. The molecule has 1 rings (SSSR count). The van der Waals surface area contributed by atoms with Crippen molar-refractivity contribution < 1.29 is 4.74 Å². The predicted octanol–water partition coefficient (Wildman–Crippen LogP) is 2.52. The van der Waals surface area contributed by atoms with Gasteiger partial charge in [0.2, 0.25) is 0 Å². The van der Waals surface area contributed by atoms with E-state index in [1.807, 2.05) is 14.0 Å². The van der Waals surface area contributed by atoms with E-state index >= 15 is 0 Å². The second-order valence-corrected chi connectivity index (χ2v) is 5.59. The molecule has 2 N–H and O–H groups in total. The Bertz CT molecular complexity index is 388. The Morgan fingerprint density at radius 1 is 1.26 bits per heavy atom. The van der Waals surface area contributed by atoms with E-state index in [0.717, 1.165) is 31.9 Å². The first-order valence-corrected chi connectivity index (χ1v) is 7.10. The molecule has 1 aromatic rings. The Kier molecular flexibility index (Phi) is 6.32. The van der Waals surface area contributed by atoms with Gasteiger partial charge in [-0.25, -0.2) is 0 Å². The SMILES string of the molecule is CCOc1ccc(CCNCC(C)(C)NC)cc1C.